The first-order valence-electron chi connectivity index (χ1n) is 5.96. The molecule has 0 fully saturated rings. The number of nitrogen functional groups attached to an aromatic ring is 1. The van der Waals surface area contributed by atoms with E-state index in [2.05, 4.69) is 20.6 Å². The number of para-hydroxylation sites is 1. The Morgan fingerprint density at radius 2 is 2.10 bits per heavy atom. The number of anilines is 3. The fourth-order valence-electron chi connectivity index (χ4n) is 1.74. The van der Waals surface area contributed by atoms with Crippen LogP contribution in [0, 0.1) is 0 Å². The molecule has 0 aliphatic carbocycles. The van der Waals surface area contributed by atoms with E-state index in [1.165, 1.54) is 0 Å². The van der Waals surface area contributed by atoms with E-state index in [-0.39, 0.29) is 5.95 Å². The molecular weight excluding hydrogens is 258 g/mol. The Morgan fingerprint density at radius 1 is 1.35 bits per heavy atom. The summed E-state index contributed by atoms with van der Waals surface area (Å²) in [6.07, 6.45) is 0. The maximum absolute atomic E-state index is 11.3. The van der Waals surface area contributed by atoms with Gasteiger partial charge in [0.2, 0.25) is 11.9 Å². The second-order valence-corrected chi connectivity index (χ2v) is 4.00. The lowest BCUT2D eigenvalue weighted by atomic mass is 10.1. The lowest BCUT2D eigenvalue weighted by Crippen LogP contribution is -2.16. The van der Waals surface area contributed by atoms with Crippen molar-refractivity contribution in [2.75, 3.05) is 30.0 Å². The lowest BCUT2D eigenvalue weighted by molar-refractivity contribution is -0.118. The van der Waals surface area contributed by atoms with Crippen LogP contribution >= 0.6 is 0 Å². The number of benzene rings is 1. The minimum absolute atomic E-state index is 0.134. The van der Waals surface area contributed by atoms with E-state index >= 15 is 0 Å². The van der Waals surface area contributed by atoms with Crippen LogP contribution in [-0.2, 0) is 4.79 Å². The van der Waals surface area contributed by atoms with Crippen LogP contribution < -0.4 is 16.4 Å². The van der Waals surface area contributed by atoms with Crippen molar-refractivity contribution in [3.8, 4) is 11.3 Å². The standard InChI is InChI=1S/C13H15N5O2/c1-15-11-6-10(17-13(14)18-11)8-4-2-3-5-9(8)16-12(20)7-19/h2-6,19H,7H2,1H3,(H,16,20)(H3,14,15,17,18). The molecule has 104 valence electrons. The van der Waals surface area contributed by atoms with Crippen LogP contribution in [0.5, 0.6) is 0 Å². The Kier molecular flexibility index (Phi) is 4.11. The Bertz CT molecular complexity index is 630. The Labute approximate surface area is 115 Å². The molecular formula is C13H15N5O2. The number of nitrogens with zero attached hydrogens (tertiary/aromatic N) is 2. The fraction of sp³-hybridized carbons (Fsp3) is 0.154. The Balaban J connectivity index is 2.47. The molecule has 1 amide bonds. The quantitative estimate of drug-likeness (QED) is 0.652. The topological polar surface area (TPSA) is 113 Å². The van der Waals surface area contributed by atoms with Crippen LogP contribution in [-0.4, -0.2) is 34.6 Å². The van der Waals surface area contributed by atoms with Gasteiger partial charge in [0.15, 0.2) is 0 Å². The zero-order valence-electron chi connectivity index (χ0n) is 10.9. The van der Waals surface area contributed by atoms with Crippen molar-refractivity contribution in [1.29, 1.82) is 0 Å². The summed E-state index contributed by atoms with van der Waals surface area (Å²) >= 11 is 0. The highest BCUT2D eigenvalue weighted by Gasteiger charge is 2.10. The van der Waals surface area contributed by atoms with E-state index in [1.54, 1.807) is 31.3 Å². The number of hydrogen-bond acceptors (Lipinski definition) is 6. The van der Waals surface area contributed by atoms with Gasteiger partial charge in [-0.1, -0.05) is 18.2 Å². The first-order valence-corrected chi connectivity index (χ1v) is 5.96. The molecule has 5 N–H and O–H groups in total. The van der Waals surface area contributed by atoms with Crippen LogP contribution in [0.1, 0.15) is 0 Å². The third-order valence-corrected chi connectivity index (χ3v) is 2.62. The van der Waals surface area contributed by atoms with E-state index in [0.29, 0.717) is 22.8 Å². The van der Waals surface area contributed by atoms with Gasteiger partial charge >= 0.3 is 0 Å². The van der Waals surface area contributed by atoms with Crippen LogP contribution in [0.4, 0.5) is 17.5 Å². The molecule has 0 aliphatic rings. The number of carbonyl (C=O) groups excluding carboxylic acids is 1. The third-order valence-electron chi connectivity index (χ3n) is 2.62. The van der Waals surface area contributed by atoms with Gasteiger partial charge in [0, 0.05) is 18.7 Å². The monoisotopic (exact) mass is 273 g/mol. The zero-order chi connectivity index (χ0) is 14.5. The minimum atomic E-state index is -0.581. The second kappa shape index (κ2) is 5.98. The van der Waals surface area contributed by atoms with Gasteiger partial charge in [-0.25, -0.2) is 4.98 Å². The summed E-state index contributed by atoms with van der Waals surface area (Å²) in [5, 5.41) is 14.3. The van der Waals surface area contributed by atoms with Gasteiger partial charge in [-0.2, -0.15) is 4.98 Å². The van der Waals surface area contributed by atoms with E-state index in [4.69, 9.17) is 10.8 Å². The number of aliphatic hydroxyl groups is 1. The minimum Gasteiger partial charge on any atom is -0.387 e. The van der Waals surface area contributed by atoms with Crippen molar-refractivity contribution in [2.24, 2.45) is 0 Å². The molecule has 0 radical (unpaired) electrons. The lowest BCUT2D eigenvalue weighted by Gasteiger charge is -2.11. The maximum atomic E-state index is 11.3. The smallest absolute Gasteiger partial charge is 0.250 e. The van der Waals surface area contributed by atoms with Crippen LogP contribution in [0.2, 0.25) is 0 Å². The Morgan fingerprint density at radius 3 is 2.80 bits per heavy atom. The number of aliphatic hydroxyl groups excluding tert-OH is 1. The van der Waals surface area contributed by atoms with Crippen molar-refractivity contribution >= 4 is 23.4 Å². The fourth-order valence-corrected chi connectivity index (χ4v) is 1.74. The molecule has 0 unspecified atom stereocenters. The molecule has 0 atom stereocenters. The van der Waals surface area contributed by atoms with Crippen LogP contribution in [0.3, 0.4) is 0 Å². The number of carbonyl (C=O) groups is 1. The molecule has 1 aromatic heterocycles. The average molecular weight is 273 g/mol. The van der Waals surface area contributed by atoms with Crippen molar-refractivity contribution in [2.45, 2.75) is 0 Å². The predicted octanol–water partition coefficient (Wildman–Crippen LogP) is 0.698. The van der Waals surface area contributed by atoms with Gasteiger partial charge in [0.25, 0.3) is 0 Å². The van der Waals surface area contributed by atoms with Crippen LogP contribution in [0.25, 0.3) is 11.3 Å². The van der Waals surface area contributed by atoms with Gasteiger partial charge in [0.05, 0.1) is 11.4 Å². The first kappa shape index (κ1) is 13.8. The summed E-state index contributed by atoms with van der Waals surface area (Å²) in [6, 6.07) is 8.84. The number of nitrogens with two attached hydrogens (primary N) is 1. The summed E-state index contributed by atoms with van der Waals surface area (Å²) in [7, 11) is 1.73. The molecule has 7 nitrogen and oxygen atoms in total. The summed E-state index contributed by atoms with van der Waals surface area (Å²) in [5.74, 6) is 0.222. The molecule has 0 bridgehead atoms. The number of amides is 1. The van der Waals surface area contributed by atoms with Crippen molar-refractivity contribution in [3.63, 3.8) is 0 Å². The van der Waals surface area contributed by atoms with Gasteiger partial charge in [-0.05, 0) is 6.07 Å². The Hall–Kier alpha value is -2.67. The SMILES string of the molecule is CNc1cc(-c2ccccc2NC(=O)CO)nc(N)n1. The molecule has 0 spiro atoms. The highest BCUT2D eigenvalue weighted by atomic mass is 16.3. The van der Waals surface area contributed by atoms with Crippen molar-refractivity contribution in [3.05, 3.63) is 30.3 Å². The van der Waals surface area contributed by atoms with E-state index < -0.39 is 12.5 Å². The van der Waals surface area contributed by atoms with E-state index in [9.17, 15) is 4.79 Å². The summed E-state index contributed by atoms with van der Waals surface area (Å²) in [5.41, 5.74) is 7.48. The summed E-state index contributed by atoms with van der Waals surface area (Å²) in [4.78, 5) is 19.5. The largest absolute Gasteiger partial charge is 0.387 e. The highest BCUT2D eigenvalue weighted by Crippen LogP contribution is 2.28. The average Bonchev–Trinajstić information content (AvgIpc) is 2.47. The molecule has 20 heavy (non-hydrogen) atoms. The number of rotatable bonds is 4. The maximum Gasteiger partial charge on any atom is 0.250 e. The zero-order valence-corrected chi connectivity index (χ0v) is 10.9. The van der Waals surface area contributed by atoms with Crippen molar-refractivity contribution < 1.29 is 9.90 Å². The molecule has 0 saturated heterocycles. The van der Waals surface area contributed by atoms with Gasteiger partial charge in [0.1, 0.15) is 12.4 Å². The molecule has 1 heterocycles. The number of nitrogens with one attached hydrogen (secondary N) is 2. The molecule has 1 aromatic carbocycles. The van der Waals surface area contributed by atoms with E-state index in [0.717, 1.165) is 0 Å². The van der Waals surface area contributed by atoms with Crippen molar-refractivity contribution in [1.82, 2.24) is 9.97 Å². The summed E-state index contributed by atoms with van der Waals surface area (Å²) in [6.45, 7) is -0.581. The molecule has 2 rings (SSSR count). The predicted molar refractivity (Wildman–Crippen MR) is 77.1 cm³/mol. The second-order valence-electron chi connectivity index (χ2n) is 4.00. The van der Waals surface area contributed by atoms with E-state index in [1.807, 2.05) is 6.07 Å². The van der Waals surface area contributed by atoms with Gasteiger partial charge in [-0.15, -0.1) is 0 Å². The van der Waals surface area contributed by atoms with Gasteiger partial charge in [-0.3, -0.25) is 4.79 Å². The molecule has 0 aliphatic heterocycles. The first-order chi connectivity index (χ1) is 9.63. The van der Waals surface area contributed by atoms with Crippen LogP contribution in [0.15, 0.2) is 30.3 Å². The molecule has 0 saturated carbocycles. The molecule has 7 heteroatoms. The third kappa shape index (κ3) is 3.01. The normalized spacial score (nSPS) is 10.1. The number of aromatic nitrogens is 2. The molecule has 2 aromatic rings. The number of hydrogen-bond donors (Lipinski definition) is 4. The highest BCUT2D eigenvalue weighted by molar-refractivity contribution is 5.95. The van der Waals surface area contributed by atoms with Gasteiger partial charge < -0.3 is 21.5 Å². The summed E-state index contributed by atoms with van der Waals surface area (Å²) < 4.78 is 0.